The van der Waals surface area contributed by atoms with Crippen LogP contribution in [0.3, 0.4) is 0 Å². The highest BCUT2D eigenvalue weighted by atomic mass is 16.2. The molecule has 1 amide bonds. The van der Waals surface area contributed by atoms with E-state index >= 15 is 0 Å². The first-order valence-electron chi connectivity index (χ1n) is 8.38. The van der Waals surface area contributed by atoms with Crippen LogP contribution in [0.25, 0.3) is 5.69 Å². The van der Waals surface area contributed by atoms with Crippen molar-refractivity contribution in [2.24, 2.45) is 5.92 Å². The van der Waals surface area contributed by atoms with Gasteiger partial charge in [-0.1, -0.05) is 36.3 Å². The van der Waals surface area contributed by atoms with Gasteiger partial charge in [0.2, 0.25) is 5.91 Å². The third-order valence-electron chi connectivity index (χ3n) is 5.46. The normalized spacial score (nSPS) is 29.1. The fraction of sp³-hybridized carbons (Fsp3) is 0.471. The zero-order chi connectivity index (χ0) is 15.4. The van der Waals surface area contributed by atoms with Crippen molar-refractivity contribution in [1.29, 1.82) is 0 Å². The Balaban J connectivity index is 1.66. The van der Waals surface area contributed by atoms with Crippen LogP contribution in [0.15, 0.2) is 30.5 Å². The lowest BCUT2D eigenvalue weighted by Gasteiger charge is -2.46. The zero-order valence-electron chi connectivity index (χ0n) is 12.9. The molecular weight excluding hydrogens is 290 g/mol. The minimum Gasteiger partial charge on any atom is -0.317 e. The number of carbonyl (C=O) groups is 1. The fourth-order valence-electron chi connectivity index (χ4n) is 4.34. The van der Waals surface area contributed by atoms with E-state index in [1.165, 1.54) is 6.42 Å². The third kappa shape index (κ3) is 1.88. The molecule has 118 valence electrons. The monoisotopic (exact) mass is 309 g/mol. The number of carbonyl (C=O) groups excluding carboxylic acids is 1. The molecule has 23 heavy (non-hydrogen) atoms. The molecule has 3 heterocycles. The Morgan fingerprint density at radius 1 is 1.17 bits per heavy atom. The molecule has 6 heteroatoms. The summed E-state index contributed by atoms with van der Waals surface area (Å²) >= 11 is 0. The molecule has 1 aromatic carbocycles. The first-order valence-corrected chi connectivity index (χ1v) is 8.38. The Labute approximate surface area is 134 Å². The number of para-hydroxylation sites is 1. The number of rotatable bonds is 0. The van der Waals surface area contributed by atoms with Crippen LogP contribution >= 0.6 is 0 Å². The molecule has 0 spiro atoms. The van der Waals surface area contributed by atoms with E-state index in [-0.39, 0.29) is 18.0 Å². The highest BCUT2D eigenvalue weighted by Crippen LogP contribution is 2.39. The molecule has 0 unspecified atom stereocenters. The maximum Gasteiger partial charge on any atom is 0.229 e. The van der Waals surface area contributed by atoms with E-state index in [1.54, 1.807) is 6.20 Å². The Morgan fingerprint density at radius 3 is 3.00 bits per heavy atom. The quantitative estimate of drug-likeness (QED) is 0.805. The Bertz CT molecular complexity index is 770. The van der Waals surface area contributed by atoms with E-state index in [1.807, 2.05) is 21.7 Å². The number of amides is 1. The molecule has 3 atom stereocenters. The van der Waals surface area contributed by atoms with Gasteiger partial charge in [-0.25, -0.2) is 4.68 Å². The van der Waals surface area contributed by atoms with Gasteiger partial charge in [0.05, 0.1) is 30.0 Å². The van der Waals surface area contributed by atoms with Crippen LogP contribution in [0, 0.1) is 5.92 Å². The van der Waals surface area contributed by atoms with Crippen molar-refractivity contribution in [2.45, 2.75) is 44.4 Å². The lowest BCUT2D eigenvalue weighted by Crippen LogP contribution is -2.58. The molecule has 1 N–H and O–H groups in total. The molecule has 2 aliphatic heterocycles. The highest BCUT2D eigenvalue weighted by molar-refractivity contribution is 5.81. The van der Waals surface area contributed by atoms with Gasteiger partial charge in [-0.05, 0) is 18.9 Å². The van der Waals surface area contributed by atoms with E-state index in [2.05, 4.69) is 27.8 Å². The smallest absolute Gasteiger partial charge is 0.229 e. The minimum absolute atomic E-state index is 0.0697. The minimum atomic E-state index is -0.0697. The predicted molar refractivity (Wildman–Crippen MR) is 83.5 cm³/mol. The van der Waals surface area contributed by atoms with E-state index in [0.29, 0.717) is 12.6 Å². The van der Waals surface area contributed by atoms with Crippen molar-refractivity contribution in [1.82, 2.24) is 25.2 Å². The predicted octanol–water partition coefficient (Wildman–Crippen LogP) is 1.77. The van der Waals surface area contributed by atoms with Gasteiger partial charge in [0, 0.05) is 11.6 Å². The summed E-state index contributed by atoms with van der Waals surface area (Å²) in [7, 11) is 0. The van der Waals surface area contributed by atoms with Gasteiger partial charge in [0.25, 0.3) is 0 Å². The topological polar surface area (TPSA) is 63.1 Å². The third-order valence-corrected chi connectivity index (χ3v) is 5.46. The van der Waals surface area contributed by atoms with E-state index in [4.69, 9.17) is 0 Å². The van der Waals surface area contributed by atoms with Crippen LogP contribution in [0.2, 0.25) is 0 Å². The summed E-state index contributed by atoms with van der Waals surface area (Å²) in [4.78, 5) is 15.1. The molecule has 3 aliphatic rings. The maximum absolute atomic E-state index is 13.1. The van der Waals surface area contributed by atoms with Gasteiger partial charge < -0.3 is 4.90 Å². The van der Waals surface area contributed by atoms with Gasteiger partial charge in [-0.15, -0.1) is 5.10 Å². The fourth-order valence-corrected chi connectivity index (χ4v) is 4.34. The maximum atomic E-state index is 13.1. The number of nitrogens with one attached hydrogen (secondary N) is 1. The SMILES string of the molecule is O=C1[C@H]2CCCC[C@H]2N[C@H]2c3ccccc3-n3nncc3CN12. The molecule has 1 aromatic heterocycles. The molecule has 1 saturated carbocycles. The average Bonchev–Trinajstić information content (AvgIpc) is 3.01. The van der Waals surface area contributed by atoms with Gasteiger partial charge in [0.15, 0.2) is 0 Å². The summed E-state index contributed by atoms with van der Waals surface area (Å²) in [6, 6.07) is 8.48. The zero-order valence-corrected chi connectivity index (χ0v) is 12.9. The molecule has 0 bridgehead atoms. The number of hydrogen-bond acceptors (Lipinski definition) is 4. The summed E-state index contributed by atoms with van der Waals surface area (Å²) < 4.78 is 1.87. The van der Waals surface area contributed by atoms with Gasteiger partial charge in [0.1, 0.15) is 6.17 Å². The summed E-state index contributed by atoms with van der Waals surface area (Å²) in [6.45, 7) is 0.557. The van der Waals surface area contributed by atoms with Crippen LogP contribution in [-0.2, 0) is 11.3 Å². The average molecular weight is 309 g/mol. The molecule has 2 aromatic rings. The molecule has 6 nitrogen and oxygen atoms in total. The van der Waals surface area contributed by atoms with E-state index in [0.717, 1.165) is 36.2 Å². The Morgan fingerprint density at radius 2 is 2.04 bits per heavy atom. The standard InChI is InChI=1S/C17H19N5O/c23-17-12-5-1-3-7-14(12)19-16-13-6-2-4-8-15(13)22-11(9-18-20-22)10-21(16)17/h2,4,6,8-9,12,14,16,19H,1,3,5,7,10H2/t12-,14+,16+/m0/s1. The van der Waals surface area contributed by atoms with Crippen LogP contribution in [0.5, 0.6) is 0 Å². The highest BCUT2D eigenvalue weighted by Gasteiger charge is 2.44. The first-order chi connectivity index (χ1) is 11.3. The number of benzene rings is 1. The summed E-state index contributed by atoms with van der Waals surface area (Å²) in [5, 5.41) is 12.0. The molecule has 5 rings (SSSR count). The number of hydrogen-bond donors (Lipinski definition) is 1. The largest absolute Gasteiger partial charge is 0.317 e. The number of nitrogens with zero attached hydrogens (tertiary/aromatic N) is 4. The van der Waals surface area contributed by atoms with E-state index in [9.17, 15) is 4.79 Å². The lowest BCUT2D eigenvalue weighted by atomic mass is 9.81. The molecule has 1 saturated heterocycles. The Hall–Kier alpha value is -2.21. The molecule has 2 fully saturated rings. The lowest BCUT2D eigenvalue weighted by molar-refractivity contribution is -0.147. The summed E-state index contributed by atoms with van der Waals surface area (Å²) in [5.74, 6) is 0.400. The van der Waals surface area contributed by atoms with Crippen molar-refractivity contribution in [3.05, 3.63) is 41.7 Å². The van der Waals surface area contributed by atoms with Crippen LogP contribution in [0.1, 0.15) is 43.1 Å². The van der Waals surface area contributed by atoms with Gasteiger partial charge >= 0.3 is 0 Å². The van der Waals surface area contributed by atoms with Gasteiger partial charge in [-0.3, -0.25) is 10.1 Å². The second kappa shape index (κ2) is 4.89. The van der Waals surface area contributed by atoms with Gasteiger partial charge in [-0.2, -0.15) is 0 Å². The first kappa shape index (κ1) is 13.2. The van der Waals surface area contributed by atoms with Crippen molar-refractivity contribution >= 4 is 5.91 Å². The van der Waals surface area contributed by atoms with Crippen molar-refractivity contribution < 1.29 is 4.79 Å². The summed E-state index contributed by atoms with van der Waals surface area (Å²) in [5.41, 5.74) is 3.08. The van der Waals surface area contributed by atoms with E-state index < -0.39 is 0 Å². The Kier molecular flexibility index (Phi) is 2.82. The second-order valence-corrected chi connectivity index (χ2v) is 6.73. The second-order valence-electron chi connectivity index (χ2n) is 6.73. The molecule has 0 radical (unpaired) electrons. The number of aromatic nitrogens is 3. The van der Waals surface area contributed by atoms with Crippen molar-refractivity contribution in [3.63, 3.8) is 0 Å². The molecule has 1 aliphatic carbocycles. The van der Waals surface area contributed by atoms with Crippen LogP contribution in [0.4, 0.5) is 0 Å². The van der Waals surface area contributed by atoms with Crippen LogP contribution in [-0.4, -0.2) is 31.8 Å². The summed E-state index contributed by atoms with van der Waals surface area (Å²) in [6.07, 6.45) is 6.15. The van der Waals surface area contributed by atoms with Crippen molar-refractivity contribution in [2.75, 3.05) is 0 Å². The number of fused-ring (bicyclic) bond motifs is 6. The van der Waals surface area contributed by atoms with Crippen LogP contribution < -0.4 is 5.32 Å². The van der Waals surface area contributed by atoms with Crippen molar-refractivity contribution in [3.8, 4) is 5.69 Å². The molecular formula is C17H19N5O.